The van der Waals surface area contributed by atoms with E-state index in [4.69, 9.17) is 10.5 Å². The van der Waals surface area contributed by atoms with E-state index in [0.29, 0.717) is 27.7 Å². The number of esters is 1. The number of H-pyrrole nitrogens is 2. The molecule has 0 fully saturated rings. The van der Waals surface area contributed by atoms with Crippen LogP contribution in [0.25, 0.3) is 32.9 Å². The fraction of sp³-hybridized carbons (Fsp3) is 0.100. The molecular weight excluding hydrogens is 330 g/mol. The molecule has 4 N–H and O–H groups in total. The van der Waals surface area contributed by atoms with Crippen molar-refractivity contribution in [3.05, 3.63) is 64.6 Å². The zero-order valence-electron chi connectivity index (χ0n) is 14.1. The molecule has 0 saturated heterocycles. The van der Waals surface area contributed by atoms with Crippen molar-refractivity contribution in [2.75, 3.05) is 12.3 Å². The minimum absolute atomic E-state index is 0.262. The van der Waals surface area contributed by atoms with Crippen molar-refractivity contribution < 1.29 is 9.53 Å². The predicted molar refractivity (Wildman–Crippen MR) is 102 cm³/mol. The topological polar surface area (TPSA) is 101 Å². The number of fused-ring (bicyclic) bond motifs is 3. The fourth-order valence-corrected chi connectivity index (χ4v) is 3.22. The highest BCUT2D eigenvalue weighted by molar-refractivity contribution is 6.15. The molecule has 0 radical (unpaired) electrons. The molecular formula is C20H17N3O3. The zero-order chi connectivity index (χ0) is 18.3. The van der Waals surface area contributed by atoms with Gasteiger partial charge in [0.1, 0.15) is 5.52 Å². The highest BCUT2D eigenvalue weighted by Crippen LogP contribution is 2.31. The number of carbonyl (C=O) groups is 1. The number of ether oxygens (including phenoxy) is 1. The van der Waals surface area contributed by atoms with Crippen LogP contribution in [0.5, 0.6) is 0 Å². The van der Waals surface area contributed by atoms with Crippen molar-refractivity contribution in [3.8, 4) is 11.1 Å². The van der Waals surface area contributed by atoms with E-state index >= 15 is 0 Å². The van der Waals surface area contributed by atoms with Gasteiger partial charge < -0.3 is 20.4 Å². The van der Waals surface area contributed by atoms with Gasteiger partial charge in [0, 0.05) is 33.7 Å². The van der Waals surface area contributed by atoms with Crippen molar-refractivity contribution in [1.82, 2.24) is 9.97 Å². The third-order valence-corrected chi connectivity index (χ3v) is 4.41. The first-order valence-corrected chi connectivity index (χ1v) is 8.29. The summed E-state index contributed by atoms with van der Waals surface area (Å²) in [5.74, 6) is -0.463. The number of aromatic nitrogens is 2. The number of aromatic amines is 2. The number of anilines is 1. The smallest absolute Gasteiger partial charge is 0.340 e. The van der Waals surface area contributed by atoms with Gasteiger partial charge in [-0.1, -0.05) is 24.3 Å². The Morgan fingerprint density at radius 3 is 2.77 bits per heavy atom. The highest BCUT2D eigenvalue weighted by Gasteiger charge is 2.18. The summed E-state index contributed by atoms with van der Waals surface area (Å²) in [4.78, 5) is 30.4. The first-order valence-electron chi connectivity index (χ1n) is 8.29. The van der Waals surface area contributed by atoms with Crippen LogP contribution in [-0.4, -0.2) is 22.5 Å². The standard InChI is InChI=1S/C20H17N3O3/c1-2-26-20(25)14-10-22-18-17(14)13-9-11(7-8-16(13)23-19(18)24)12-5-3-4-6-15(12)21/h3-10,22H,2,21H2,1H3,(H,23,24). The zero-order valence-corrected chi connectivity index (χ0v) is 14.1. The number of pyridine rings is 1. The monoisotopic (exact) mass is 347 g/mol. The fourth-order valence-electron chi connectivity index (χ4n) is 3.22. The number of rotatable bonds is 3. The van der Waals surface area contributed by atoms with E-state index in [1.165, 1.54) is 6.20 Å². The Hall–Kier alpha value is -3.54. The van der Waals surface area contributed by atoms with Crippen LogP contribution >= 0.6 is 0 Å². The lowest BCUT2D eigenvalue weighted by Crippen LogP contribution is -2.08. The van der Waals surface area contributed by atoms with E-state index in [9.17, 15) is 9.59 Å². The maximum atomic E-state index is 12.3. The molecule has 130 valence electrons. The van der Waals surface area contributed by atoms with Crippen molar-refractivity contribution in [2.24, 2.45) is 0 Å². The molecule has 0 atom stereocenters. The highest BCUT2D eigenvalue weighted by atomic mass is 16.5. The average molecular weight is 347 g/mol. The first kappa shape index (κ1) is 16.0. The van der Waals surface area contributed by atoms with Gasteiger partial charge in [-0.2, -0.15) is 0 Å². The van der Waals surface area contributed by atoms with Crippen LogP contribution in [0.1, 0.15) is 17.3 Å². The number of nitrogen functional groups attached to an aromatic ring is 1. The second-order valence-corrected chi connectivity index (χ2v) is 5.97. The molecule has 0 bridgehead atoms. The second kappa shape index (κ2) is 6.07. The Balaban J connectivity index is 2.05. The van der Waals surface area contributed by atoms with Gasteiger partial charge in [0.2, 0.25) is 0 Å². The van der Waals surface area contributed by atoms with E-state index in [1.807, 2.05) is 42.5 Å². The Morgan fingerprint density at radius 1 is 1.19 bits per heavy atom. The van der Waals surface area contributed by atoms with Crippen LogP contribution in [-0.2, 0) is 4.74 Å². The molecule has 0 aliphatic heterocycles. The SMILES string of the molecule is CCOC(=O)c1c[nH]c2c(=O)[nH]c3ccc(-c4ccccc4N)cc3c12. The Bertz CT molecular complexity index is 1200. The van der Waals surface area contributed by atoms with Gasteiger partial charge in [-0.3, -0.25) is 4.79 Å². The maximum Gasteiger partial charge on any atom is 0.340 e. The molecule has 2 heterocycles. The number of nitrogens with two attached hydrogens (primary N) is 1. The van der Waals surface area contributed by atoms with E-state index in [-0.39, 0.29) is 12.2 Å². The molecule has 4 rings (SSSR count). The van der Waals surface area contributed by atoms with Crippen molar-refractivity contribution in [3.63, 3.8) is 0 Å². The third-order valence-electron chi connectivity index (χ3n) is 4.41. The summed E-state index contributed by atoms with van der Waals surface area (Å²) in [5.41, 5.74) is 9.60. The lowest BCUT2D eigenvalue weighted by molar-refractivity contribution is 0.0529. The minimum Gasteiger partial charge on any atom is -0.462 e. The largest absolute Gasteiger partial charge is 0.462 e. The normalized spacial score (nSPS) is 11.1. The van der Waals surface area contributed by atoms with E-state index in [0.717, 1.165) is 16.5 Å². The van der Waals surface area contributed by atoms with Gasteiger partial charge in [0.15, 0.2) is 0 Å². The van der Waals surface area contributed by atoms with Gasteiger partial charge in [0.25, 0.3) is 5.56 Å². The Labute approximate surface area is 148 Å². The van der Waals surface area contributed by atoms with Crippen LogP contribution in [0.3, 0.4) is 0 Å². The molecule has 2 aromatic heterocycles. The number of para-hydroxylation sites is 1. The molecule has 26 heavy (non-hydrogen) atoms. The van der Waals surface area contributed by atoms with Crippen LogP contribution < -0.4 is 11.3 Å². The van der Waals surface area contributed by atoms with Crippen LogP contribution in [0.15, 0.2) is 53.5 Å². The predicted octanol–water partition coefficient (Wildman–Crippen LogP) is 3.44. The van der Waals surface area contributed by atoms with Gasteiger partial charge >= 0.3 is 5.97 Å². The molecule has 2 aromatic carbocycles. The lowest BCUT2D eigenvalue weighted by Gasteiger charge is -2.08. The number of hydrogen-bond donors (Lipinski definition) is 3. The van der Waals surface area contributed by atoms with E-state index in [1.54, 1.807) is 6.92 Å². The van der Waals surface area contributed by atoms with Gasteiger partial charge in [0.05, 0.1) is 12.2 Å². The first-order chi connectivity index (χ1) is 12.6. The van der Waals surface area contributed by atoms with Crippen LogP contribution in [0.4, 0.5) is 5.69 Å². The molecule has 0 saturated carbocycles. The number of nitrogens with one attached hydrogen (secondary N) is 2. The summed E-state index contributed by atoms with van der Waals surface area (Å²) in [5, 5.41) is 1.31. The van der Waals surface area contributed by atoms with Gasteiger partial charge in [-0.15, -0.1) is 0 Å². The summed E-state index contributed by atoms with van der Waals surface area (Å²) in [6.07, 6.45) is 1.51. The summed E-state index contributed by atoms with van der Waals surface area (Å²) < 4.78 is 5.13. The number of carbonyl (C=O) groups excluding carboxylic acids is 1. The molecule has 0 unspecified atom stereocenters. The van der Waals surface area contributed by atoms with Crippen molar-refractivity contribution >= 4 is 33.5 Å². The second-order valence-electron chi connectivity index (χ2n) is 5.97. The maximum absolute atomic E-state index is 12.3. The van der Waals surface area contributed by atoms with E-state index in [2.05, 4.69) is 9.97 Å². The Kier molecular flexibility index (Phi) is 3.73. The molecule has 6 heteroatoms. The third kappa shape index (κ3) is 2.43. The van der Waals surface area contributed by atoms with Gasteiger partial charge in [-0.05, 0) is 30.7 Å². The molecule has 0 amide bonds. The van der Waals surface area contributed by atoms with Crippen LogP contribution in [0.2, 0.25) is 0 Å². The molecule has 0 aliphatic carbocycles. The molecule has 6 nitrogen and oxygen atoms in total. The lowest BCUT2D eigenvalue weighted by atomic mass is 9.99. The minimum atomic E-state index is -0.463. The average Bonchev–Trinajstić information content (AvgIpc) is 3.08. The summed E-state index contributed by atoms with van der Waals surface area (Å²) in [6.45, 7) is 2.01. The summed E-state index contributed by atoms with van der Waals surface area (Å²) in [6, 6.07) is 13.2. The quantitative estimate of drug-likeness (QED) is 0.390. The number of benzene rings is 2. The summed E-state index contributed by atoms with van der Waals surface area (Å²) >= 11 is 0. The van der Waals surface area contributed by atoms with Crippen LogP contribution in [0, 0.1) is 0 Å². The molecule has 4 aromatic rings. The van der Waals surface area contributed by atoms with Crippen molar-refractivity contribution in [1.29, 1.82) is 0 Å². The Morgan fingerprint density at radius 2 is 2.00 bits per heavy atom. The molecule has 0 spiro atoms. The summed E-state index contributed by atoms with van der Waals surface area (Å²) in [7, 11) is 0. The van der Waals surface area contributed by atoms with Gasteiger partial charge in [-0.25, -0.2) is 4.79 Å². The molecule has 0 aliphatic rings. The number of hydrogen-bond acceptors (Lipinski definition) is 4. The van der Waals surface area contributed by atoms with Crippen molar-refractivity contribution in [2.45, 2.75) is 6.92 Å². The van der Waals surface area contributed by atoms with E-state index < -0.39 is 5.97 Å².